The largest absolute Gasteiger partial charge is 0.435 e. The van der Waals surface area contributed by atoms with E-state index in [2.05, 4.69) is 10.1 Å². The van der Waals surface area contributed by atoms with Crippen molar-refractivity contribution in [1.82, 2.24) is 5.32 Å². The molecule has 3 nitrogen and oxygen atoms in total. The highest BCUT2D eigenvalue weighted by Gasteiger charge is 2.15. The molecule has 20 heavy (non-hydrogen) atoms. The Hall–Kier alpha value is -1.20. The van der Waals surface area contributed by atoms with Gasteiger partial charge in [0.25, 0.3) is 0 Å². The molecular formula is C15H21F2NO2. The van der Waals surface area contributed by atoms with E-state index < -0.39 is 6.61 Å². The zero-order chi connectivity index (χ0) is 14.4. The molecule has 1 N–H and O–H groups in total. The molecule has 1 fully saturated rings. The van der Waals surface area contributed by atoms with Gasteiger partial charge in [0.15, 0.2) is 0 Å². The van der Waals surface area contributed by atoms with Crippen molar-refractivity contribution in [2.24, 2.45) is 5.92 Å². The van der Waals surface area contributed by atoms with Crippen LogP contribution in [0.1, 0.15) is 31.4 Å². The van der Waals surface area contributed by atoms with Crippen molar-refractivity contribution >= 4 is 0 Å². The molecule has 5 heteroatoms. The van der Waals surface area contributed by atoms with Gasteiger partial charge in [0.2, 0.25) is 0 Å². The van der Waals surface area contributed by atoms with Crippen molar-refractivity contribution in [3.05, 3.63) is 29.8 Å². The normalized spacial score (nSPS) is 20.9. The smallest absolute Gasteiger partial charge is 0.387 e. The lowest BCUT2D eigenvalue weighted by atomic mass is 10.0. The van der Waals surface area contributed by atoms with E-state index in [9.17, 15) is 8.78 Å². The van der Waals surface area contributed by atoms with Gasteiger partial charge in [-0.3, -0.25) is 0 Å². The van der Waals surface area contributed by atoms with Crippen LogP contribution in [-0.2, 0) is 4.74 Å². The molecule has 1 aliphatic rings. The lowest BCUT2D eigenvalue weighted by Gasteiger charge is -2.24. The second kappa shape index (κ2) is 7.55. The summed E-state index contributed by atoms with van der Waals surface area (Å²) >= 11 is 0. The first-order valence-corrected chi connectivity index (χ1v) is 7.01. The van der Waals surface area contributed by atoms with Gasteiger partial charge >= 0.3 is 6.61 Å². The van der Waals surface area contributed by atoms with Gasteiger partial charge in [0.05, 0.1) is 6.61 Å². The minimum Gasteiger partial charge on any atom is -0.435 e. The van der Waals surface area contributed by atoms with Crippen LogP contribution in [0.2, 0.25) is 0 Å². The highest BCUT2D eigenvalue weighted by Crippen LogP contribution is 2.21. The van der Waals surface area contributed by atoms with Gasteiger partial charge in [-0.25, -0.2) is 0 Å². The molecule has 0 bridgehead atoms. The topological polar surface area (TPSA) is 30.5 Å². The van der Waals surface area contributed by atoms with E-state index in [4.69, 9.17) is 4.74 Å². The van der Waals surface area contributed by atoms with Crippen molar-refractivity contribution in [3.63, 3.8) is 0 Å². The molecule has 1 heterocycles. The molecule has 0 spiro atoms. The number of rotatable bonds is 6. The van der Waals surface area contributed by atoms with E-state index in [1.165, 1.54) is 12.5 Å². The summed E-state index contributed by atoms with van der Waals surface area (Å²) in [5, 5.41) is 3.43. The van der Waals surface area contributed by atoms with Crippen LogP contribution in [0, 0.1) is 5.92 Å². The molecule has 2 unspecified atom stereocenters. The summed E-state index contributed by atoms with van der Waals surface area (Å²) in [5.41, 5.74) is 0.944. The molecular weight excluding hydrogens is 264 g/mol. The van der Waals surface area contributed by atoms with Gasteiger partial charge in [-0.1, -0.05) is 12.1 Å². The molecule has 1 saturated heterocycles. The van der Waals surface area contributed by atoms with Crippen molar-refractivity contribution in [3.8, 4) is 5.75 Å². The molecule has 0 saturated carbocycles. The first-order valence-electron chi connectivity index (χ1n) is 7.01. The molecule has 112 valence electrons. The molecule has 0 aromatic heterocycles. The zero-order valence-electron chi connectivity index (χ0n) is 11.6. The lowest BCUT2D eigenvalue weighted by molar-refractivity contribution is -0.0499. The maximum atomic E-state index is 12.2. The van der Waals surface area contributed by atoms with E-state index in [0.29, 0.717) is 5.92 Å². The summed E-state index contributed by atoms with van der Waals surface area (Å²) in [4.78, 5) is 0. The molecule has 1 aromatic rings. The predicted octanol–water partition coefficient (Wildman–Crippen LogP) is 3.37. The van der Waals surface area contributed by atoms with Gasteiger partial charge in [-0.15, -0.1) is 0 Å². The van der Waals surface area contributed by atoms with Gasteiger partial charge in [0.1, 0.15) is 5.75 Å². The molecule has 0 aliphatic carbocycles. The van der Waals surface area contributed by atoms with E-state index in [1.807, 2.05) is 13.0 Å². The highest BCUT2D eigenvalue weighted by atomic mass is 19.3. The number of nitrogens with one attached hydrogen (secondary N) is 1. The monoisotopic (exact) mass is 285 g/mol. The summed E-state index contributed by atoms with van der Waals surface area (Å²) in [6.45, 7) is 1.77. The van der Waals surface area contributed by atoms with Crippen molar-refractivity contribution in [2.75, 3.05) is 19.8 Å². The van der Waals surface area contributed by atoms with Crippen LogP contribution in [0.3, 0.4) is 0 Å². The van der Waals surface area contributed by atoms with Gasteiger partial charge in [-0.05, 0) is 43.4 Å². The fourth-order valence-corrected chi connectivity index (χ4v) is 2.39. The minimum absolute atomic E-state index is 0.0955. The summed E-state index contributed by atoms with van der Waals surface area (Å²) in [6.07, 6.45) is 2.28. The van der Waals surface area contributed by atoms with Crippen LogP contribution in [0.25, 0.3) is 0 Å². The van der Waals surface area contributed by atoms with Crippen LogP contribution in [-0.4, -0.2) is 26.4 Å². The number of ether oxygens (including phenoxy) is 2. The summed E-state index contributed by atoms with van der Waals surface area (Å²) in [7, 11) is 0. The van der Waals surface area contributed by atoms with Crippen molar-refractivity contribution in [1.29, 1.82) is 0 Å². The minimum atomic E-state index is -2.78. The fourth-order valence-electron chi connectivity index (χ4n) is 2.39. The first-order chi connectivity index (χ1) is 9.65. The maximum absolute atomic E-state index is 12.2. The Balaban J connectivity index is 1.86. The summed E-state index contributed by atoms with van der Waals surface area (Å²) in [6, 6.07) is 6.93. The molecule has 0 radical (unpaired) electrons. The molecule has 0 amide bonds. The number of hydrogen-bond donors (Lipinski definition) is 1. The third kappa shape index (κ3) is 4.72. The first kappa shape index (κ1) is 15.2. The number of hydrogen-bond acceptors (Lipinski definition) is 3. The molecule has 1 aromatic carbocycles. The van der Waals surface area contributed by atoms with Crippen LogP contribution in [0.5, 0.6) is 5.75 Å². The average Bonchev–Trinajstić information content (AvgIpc) is 2.45. The van der Waals surface area contributed by atoms with Crippen LogP contribution >= 0.6 is 0 Å². The van der Waals surface area contributed by atoms with Crippen molar-refractivity contribution < 1.29 is 18.3 Å². The van der Waals surface area contributed by atoms with Gasteiger partial charge < -0.3 is 14.8 Å². The second-order valence-corrected chi connectivity index (χ2v) is 5.16. The Morgan fingerprint density at radius 2 is 2.30 bits per heavy atom. The summed E-state index contributed by atoms with van der Waals surface area (Å²) in [5.74, 6) is 0.735. The number of benzene rings is 1. The maximum Gasteiger partial charge on any atom is 0.387 e. The van der Waals surface area contributed by atoms with E-state index >= 15 is 0 Å². The third-order valence-corrected chi connectivity index (χ3v) is 3.55. The van der Waals surface area contributed by atoms with E-state index in [1.54, 1.807) is 12.1 Å². The van der Waals surface area contributed by atoms with Crippen LogP contribution in [0.15, 0.2) is 24.3 Å². The fraction of sp³-hybridized carbons (Fsp3) is 0.600. The van der Waals surface area contributed by atoms with Gasteiger partial charge in [0, 0.05) is 19.2 Å². The van der Waals surface area contributed by atoms with Crippen molar-refractivity contribution in [2.45, 2.75) is 32.4 Å². The summed E-state index contributed by atoms with van der Waals surface area (Å²) < 4.78 is 34.2. The zero-order valence-corrected chi connectivity index (χ0v) is 11.6. The standard InChI is InChI=1S/C15H21F2NO2/c1-11(18-9-12-4-3-7-19-10-12)13-5-2-6-14(8-13)20-15(16)17/h2,5-6,8,11-12,15,18H,3-4,7,9-10H2,1H3. The average molecular weight is 285 g/mol. The molecule has 1 aliphatic heterocycles. The highest BCUT2D eigenvalue weighted by molar-refractivity contribution is 5.30. The number of alkyl halides is 2. The molecule has 2 atom stereocenters. The Morgan fingerprint density at radius 3 is 3.00 bits per heavy atom. The third-order valence-electron chi connectivity index (χ3n) is 3.55. The quantitative estimate of drug-likeness (QED) is 0.869. The van der Waals surface area contributed by atoms with Crippen LogP contribution in [0.4, 0.5) is 8.78 Å². The Bertz CT molecular complexity index is 409. The van der Waals surface area contributed by atoms with Crippen LogP contribution < -0.4 is 10.1 Å². The molecule has 2 rings (SSSR count). The Morgan fingerprint density at radius 1 is 1.45 bits per heavy atom. The Labute approximate surface area is 118 Å². The van der Waals surface area contributed by atoms with E-state index in [0.717, 1.165) is 31.7 Å². The van der Waals surface area contributed by atoms with Gasteiger partial charge in [-0.2, -0.15) is 8.78 Å². The second-order valence-electron chi connectivity index (χ2n) is 5.16. The Kier molecular flexibility index (Phi) is 5.73. The van der Waals surface area contributed by atoms with E-state index in [-0.39, 0.29) is 11.8 Å². The predicted molar refractivity (Wildman–Crippen MR) is 73.0 cm³/mol. The SMILES string of the molecule is CC(NCC1CCCOC1)c1cccc(OC(F)F)c1. The lowest BCUT2D eigenvalue weighted by Crippen LogP contribution is -2.30. The number of halogens is 2.